The number of nitrogens with zero attached hydrogens (tertiary/aromatic N) is 1. The molecule has 1 aromatic heterocycles. The molecule has 1 aliphatic carbocycles. The van der Waals surface area contributed by atoms with Gasteiger partial charge >= 0.3 is 0 Å². The van der Waals surface area contributed by atoms with Crippen LogP contribution in [0.1, 0.15) is 54.8 Å². The van der Waals surface area contributed by atoms with E-state index in [1.54, 1.807) is 42.5 Å². The van der Waals surface area contributed by atoms with Crippen molar-refractivity contribution >= 4 is 34.1 Å². The van der Waals surface area contributed by atoms with E-state index in [2.05, 4.69) is 5.32 Å². The molecule has 5 heteroatoms. The molecule has 0 radical (unpaired) electrons. The molecule has 5 rings (SSSR count). The molecule has 0 atom stereocenters. The van der Waals surface area contributed by atoms with Crippen LogP contribution in [0.2, 0.25) is 0 Å². The number of amides is 1. The van der Waals surface area contributed by atoms with Gasteiger partial charge in [-0.15, -0.1) is 0 Å². The van der Waals surface area contributed by atoms with Crippen LogP contribution in [-0.2, 0) is 6.54 Å². The van der Waals surface area contributed by atoms with E-state index in [9.17, 15) is 14.4 Å². The predicted octanol–water partition coefficient (Wildman–Crippen LogP) is 5.00. The summed E-state index contributed by atoms with van der Waals surface area (Å²) in [6.45, 7) is 4.60. The van der Waals surface area contributed by atoms with Crippen molar-refractivity contribution in [3.63, 3.8) is 0 Å². The molecule has 152 valence electrons. The number of aromatic nitrogens is 1. The number of hydrogen-bond donors (Lipinski definition) is 1. The summed E-state index contributed by atoms with van der Waals surface area (Å²) < 4.78 is 1.99. The van der Waals surface area contributed by atoms with Gasteiger partial charge in [-0.3, -0.25) is 14.4 Å². The molecule has 0 saturated heterocycles. The molecular weight excluding hydrogens is 388 g/mol. The zero-order valence-electron chi connectivity index (χ0n) is 17.2. The third-order valence-corrected chi connectivity index (χ3v) is 5.94. The quantitative estimate of drug-likeness (QED) is 0.457. The summed E-state index contributed by atoms with van der Waals surface area (Å²) in [5.41, 5.74) is 4.48. The average Bonchev–Trinajstić information content (AvgIpc) is 3.09. The maximum absolute atomic E-state index is 13.2. The molecule has 0 aliphatic heterocycles. The number of carbonyl (C=O) groups is 3. The molecular formula is C26H20N2O3. The Morgan fingerprint density at radius 2 is 1.45 bits per heavy atom. The predicted molar refractivity (Wildman–Crippen MR) is 120 cm³/mol. The van der Waals surface area contributed by atoms with Gasteiger partial charge in [-0.1, -0.05) is 42.5 Å². The largest absolute Gasteiger partial charge is 0.337 e. The van der Waals surface area contributed by atoms with Crippen molar-refractivity contribution in [1.29, 1.82) is 0 Å². The molecule has 0 spiro atoms. The minimum Gasteiger partial charge on any atom is -0.337 e. The van der Waals surface area contributed by atoms with Crippen LogP contribution in [0.15, 0.2) is 66.7 Å². The SMILES string of the molecule is CCn1c(C(=O)Nc2ccc3c(c2)C(=O)c2ccccc2C3=O)c(C)c2ccccc21. The molecule has 1 aliphatic rings. The Morgan fingerprint density at radius 3 is 2.16 bits per heavy atom. The van der Waals surface area contributed by atoms with E-state index in [4.69, 9.17) is 0 Å². The second-order valence-corrected chi connectivity index (χ2v) is 7.65. The first-order valence-electron chi connectivity index (χ1n) is 10.2. The first-order chi connectivity index (χ1) is 15.0. The minimum atomic E-state index is -0.245. The van der Waals surface area contributed by atoms with Crippen LogP contribution >= 0.6 is 0 Å². The highest BCUT2D eigenvalue weighted by Crippen LogP contribution is 2.30. The molecule has 3 aromatic carbocycles. The molecule has 1 heterocycles. The number of benzene rings is 3. The average molecular weight is 408 g/mol. The van der Waals surface area contributed by atoms with Gasteiger partial charge in [-0.2, -0.15) is 0 Å². The third-order valence-electron chi connectivity index (χ3n) is 5.94. The topological polar surface area (TPSA) is 68.2 Å². The highest BCUT2D eigenvalue weighted by atomic mass is 16.2. The van der Waals surface area contributed by atoms with E-state index >= 15 is 0 Å². The van der Waals surface area contributed by atoms with E-state index in [1.807, 2.05) is 42.7 Å². The summed E-state index contributed by atoms with van der Waals surface area (Å²) >= 11 is 0. The van der Waals surface area contributed by atoms with Crippen LogP contribution in [0.5, 0.6) is 0 Å². The van der Waals surface area contributed by atoms with Crippen LogP contribution in [-0.4, -0.2) is 22.0 Å². The number of aryl methyl sites for hydroxylation is 2. The van der Waals surface area contributed by atoms with Gasteiger partial charge in [0.1, 0.15) is 5.69 Å². The van der Waals surface area contributed by atoms with E-state index in [1.165, 1.54) is 0 Å². The Hall–Kier alpha value is -3.99. The van der Waals surface area contributed by atoms with Crippen LogP contribution < -0.4 is 5.32 Å². The summed E-state index contributed by atoms with van der Waals surface area (Å²) in [5.74, 6) is -0.629. The van der Waals surface area contributed by atoms with Crippen molar-refractivity contribution in [2.24, 2.45) is 0 Å². The molecule has 4 aromatic rings. The van der Waals surface area contributed by atoms with Gasteiger partial charge in [-0.05, 0) is 43.7 Å². The Morgan fingerprint density at radius 1 is 0.839 bits per heavy atom. The number of para-hydroxylation sites is 1. The van der Waals surface area contributed by atoms with E-state index in [0.717, 1.165) is 16.5 Å². The molecule has 1 N–H and O–H groups in total. The normalized spacial score (nSPS) is 12.6. The van der Waals surface area contributed by atoms with Gasteiger partial charge in [0.15, 0.2) is 11.6 Å². The number of carbonyl (C=O) groups excluding carboxylic acids is 3. The number of nitrogens with one attached hydrogen (secondary N) is 1. The third kappa shape index (κ3) is 2.81. The van der Waals surface area contributed by atoms with E-state index < -0.39 is 0 Å². The zero-order chi connectivity index (χ0) is 21.7. The van der Waals surface area contributed by atoms with Crippen molar-refractivity contribution in [3.05, 3.63) is 100 Å². The number of fused-ring (bicyclic) bond motifs is 3. The van der Waals surface area contributed by atoms with Gasteiger partial charge in [0.05, 0.1) is 0 Å². The van der Waals surface area contributed by atoms with E-state index in [-0.39, 0.29) is 17.5 Å². The summed E-state index contributed by atoms with van der Waals surface area (Å²) in [6, 6.07) is 19.6. The Labute approximate surface area is 179 Å². The zero-order valence-corrected chi connectivity index (χ0v) is 17.2. The first-order valence-corrected chi connectivity index (χ1v) is 10.2. The van der Waals surface area contributed by atoms with Gasteiger partial charge < -0.3 is 9.88 Å². The summed E-state index contributed by atoms with van der Waals surface area (Å²) in [7, 11) is 0. The Kier molecular flexibility index (Phi) is 4.33. The van der Waals surface area contributed by atoms with Gasteiger partial charge in [0.25, 0.3) is 5.91 Å². The Bertz CT molecular complexity index is 1410. The van der Waals surface area contributed by atoms with Crippen molar-refractivity contribution in [2.45, 2.75) is 20.4 Å². The van der Waals surface area contributed by atoms with Crippen molar-refractivity contribution in [1.82, 2.24) is 4.57 Å². The second-order valence-electron chi connectivity index (χ2n) is 7.65. The molecule has 0 saturated carbocycles. The Balaban J connectivity index is 1.53. The molecule has 5 nitrogen and oxygen atoms in total. The first kappa shape index (κ1) is 19.0. The van der Waals surface area contributed by atoms with Crippen molar-refractivity contribution in [3.8, 4) is 0 Å². The van der Waals surface area contributed by atoms with E-state index in [0.29, 0.717) is 40.2 Å². The molecule has 0 fully saturated rings. The smallest absolute Gasteiger partial charge is 0.272 e. The molecule has 31 heavy (non-hydrogen) atoms. The fraction of sp³-hybridized carbons (Fsp3) is 0.115. The number of anilines is 1. The fourth-order valence-electron chi connectivity index (χ4n) is 4.47. The number of ketones is 2. The number of rotatable bonds is 3. The highest BCUT2D eigenvalue weighted by molar-refractivity contribution is 6.28. The lowest BCUT2D eigenvalue weighted by molar-refractivity contribution is 0.0979. The second kappa shape index (κ2) is 7.06. The summed E-state index contributed by atoms with van der Waals surface area (Å²) in [6.07, 6.45) is 0. The van der Waals surface area contributed by atoms with Gasteiger partial charge in [0, 0.05) is 45.4 Å². The highest BCUT2D eigenvalue weighted by Gasteiger charge is 2.29. The summed E-state index contributed by atoms with van der Waals surface area (Å²) in [5, 5.41) is 3.96. The molecule has 0 unspecified atom stereocenters. The number of hydrogen-bond acceptors (Lipinski definition) is 3. The van der Waals surface area contributed by atoms with Crippen LogP contribution in [0.25, 0.3) is 10.9 Å². The summed E-state index contributed by atoms with van der Waals surface area (Å²) in [4.78, 5) is 39.0. The maximum atomic E-state index is 13.2. The van der Waals surface area contributed by atoms with Crippen LogP contribution in [0, 0.1) is 6.92 Å². The maximum Gasteiger partial charge on any atom is 0.272 e. The lowest BCUT2D eigenvalue weighted by Crippen LogP contribution is -2.22. The minimum absolute atomic E-state index is 0.176. The van der Waals surface area contributed by atoms with Crippen molar-refractivity contribution < 1.29 is 14.4 Å². The molecule has 1 amide bonds. The standard InChI is InChI=1S/C26H20N2O3/c1-3-28-22-11-7-6-8-17(22)15(2)23(28)26(31)27-16-12-13-20-21(14-16)25(30)19-10-5-4-9-18(19)24(20)29/h4-14H,3H2,1-2H3,(H,27,31). The van der Waals surface area contributed by atoms with Crippen LogP contribution in [0.4, 0.5) is 5.69 Å². The lowest BCUT2D eigenvalue weighted by Gasteiger charge is -2.18. The van der Waals surface area contributed by atoms with Gasteiger partial charge in [-0.25, -0.2) is 0 Å². The fourth-order valence-corrected chi connectivity index (χ4v) is 4.47. The molecule has 0 bridgehead atoms. The van der Waals surface area contributed by atoms with Gasteiger partial charge in [0.2, 0.25) is 0 Å². The van der Waals surface area contributed by atoms with Crippen LogP contribution in [0.3, 0.4) is 0 Å². The lowest BCUT2D eigenvalue weighted by atomic mass is 9.84. The van der Waals surface area contributed by atoms with Crippen molar-refractivity contribution in [2.75, 3.05) is 5.32 Å². The monoisotopic (exact) mass is 408 g/mol.